The van der Waals surface area contributed by atoms with Crippen molar-refractivity contribution in [3.63, 3.8) is 0 Å². The predicted molar refractivity (Wildman–Crippen MR) is 113 cm³/mol. The van der Waals surface area contributed by atoms with E-state index in [0.29, 0.717) is 11.3 Å². The van der Waals surface area contributed by atoms with E-state index in [1.165, 1.54) is 16.8 Å². The van der Waals surface area contributed by atoms with Crippen molar-refractivity contribution in [3.8, 4) is 11.4 Å². The van der Waals surface area contributed by atoms with Crippen molar-refractivity contribution in [1.29, 1.82) is 0 Å². The molecule has 5 heteroatoms. The molecule has 0 bridgehead atoms. The summed E-state index contributed by atoms with van der Waals surface area (Å²) in [5.41, 5.74) is 9.92. The minimum absolute atomic E-state index is 0.262. The van der Waals surface area contributed by atoms with Crippen molar-refractivity contribution >= 4 is 12.1 Å². The van der Waals surface area contributed by atoms with Gasteiger partial charge in [-0.3, -0.25) is 4.79 Å². The number of hydrogen-bond acceptors (Lipinski definition) is 3. The maximum absolute atomic E-state index is 12.2. The highest BCUT2D eigenvalue weighted by Gasteiger charge is 2.13. The Hall–Kier alpha value is -3.34. The molecule has 0 aliphatic carbocycles. The van der Waals surface area contributed by atoms with Crippen LogP contribution in [0.15, 0.2) is 53.6 Å². The van der Waals surface area contributed by atoms with Crippen molar-refractivity contribution in [2.45, 2.75) is 27.7 Å². The molecule has 0 atom stereocenters. The van der Waals surface area contributed by atoms with Gasteiger partial charge < -0.3 is 9.30 Å². The molecule has 3 rings (SSSR count). The van der Waals surface area contributed by atoms with Crippen molar-refractivity contribution in [1.82, 2.24) is 9.99 Å². The summed E-state index contributed by atoms with van der Waals surface area (Å²) in [7, 11) is 1.59. The van der Waals surface area contributed by atoms with Gasteiger partial charge in [-0.2, -0.15) is 5.10 Å². The fourth-order valence-corrected chi connectivity index (χ4v) is 3.39. The van der Waals surface area contributed by atoms with Crippen LogP contribution in [0.5, 0.6) is 5.75 Å². The van der Waals surface area contributed by atoms with E-state index in [4.69, 9.17) is 4.74 Å². The standard InChI is InChI=1S/C23H25N3O2/c1-15-7-6-8-16(2)22(15)26-17(3)13-20(18(26)4)14-24-25-23(27)19-9-11-21(28-5)12-10-19/h6-14H,1-5H3,(H,25,27)/b24-14+. The second-order valence-electron chi connectivity index (χ2n) is 6.83. The first-order valence-electron chi connectivity index (χ1n) is 9.15. The zero-order valence-electron chi connectivity index (χ0n) is 16.9. The summed E-state index contributed by atoms with van der Waals surface area (Å²) >= 11 is 0. The third-order valence-electron chi connectivity index (χ3n) is 4.86. The number of ether oxygens (including phenoxy) is 1. The quantitative estimate of drug-likeness (QED) is 0.528. The van der Waals surface area contributed by atoms with Gasteiger partial charge in [-0.15, -0.1) is 0 Å². The van der Waals surface area contributed by atoms with Crippen LogP contribution < -0.4 is 10.2 Å². The van der Waals surface area contributed by atoms with Gasteiger partial charge in [-0.05, 0) is 69.2 Å². The average molecular weight is 375 g/mol. The molecule has 28 heavy (non-hydrogen) atoms. The van der Waals surface area contributed by atoms with E-state index < -0.39 is 0 Å². The second-order valence-corrected chi connectivity index (χ2v) is 6.83. The molecule has 0 aliphatic heterocycles. The van der Waals surface area contributed by atoms with Gasteiger partial charge in [0.1, 0.15) is 5.75 Å². The molecular formula is C23H25N3O2. The van der Waals surface area contributed by atoms with Crippen LogP contribution in [0, 0.1) is 27.7 Å². The zero-order valence-corrected chi connectivity index (χ0v) is 16.9. The van der Waals surface area contributed by atoms with Crippen LogP contribution in [-0.4, -0.2) is 23.8 Å². The summed E-state index contributed by atoms with van der Waals surface area (Å²) in [6.07, 6.45) is 1.69. The molecule has 0 radical (unpaired) electrons. The lowest BCUT2D eigenvalue weighted by Crippen LogP contribution is -2.17. The zero-order chi connectivity index (χ0) is 20.3. The fourth-order valence-electron chi connectivity index (χ4n) is 3.39. The van der Waals surface area contributed by atoms with Gasteiger partial charge in [0.25, 0.3) is 5.91 Å². The number of methoxy groups -OCH3 is 1. The fraction of sp³-hybridized carbons (Fsp3) is 0.217. The highest BCUT2D eigenvalue weighted by Crippen LogP contribution is 2.25. The predicted octanol–water partition coefficient (Wildman–Crippen LogP) is 4.48. The summed E-state index contributed by atoms with van der Waals surface area (Å²) in [6, 6.07) is 15.3. The Morgan fingerprint density at radius 1 is 1.04 bits per heavy atom. The SMILES string of the molecule is COc1ccc(C(=O)N/N=C/c2cc(C)n(-c3c(C)cccc3C)c2C)cc1. The molecule has 144 valence electrons. The summed E-state index contributed by atoms with van der Waals surface area (Å²) < 4.78 is 7.34. The Morgan fingerprint density at radius 2 is 1.68 bits per heavy atom. The van der Waals surface area contributed by atoms with Crippen LogP contribution >= 0.6 is 0 Å². The van der Waals surface area contributed by atoms with Gasteiger partial charge in [0.15, 0.2) is 0 Å². The number of aryl methyl sites for hydroxylation is 3. The van der Waals surface area contributed by atoms with Crippen molar-refractivity contribution in [2.75, 3.05) is 7.11 Å². The molecule has 1 amide bonds. The second kappa shape index (κ2) is 8.13. The number of nitrogens with one attached hydrogen (secondary N) is 1. The average Bonchev–Trinajstić information content (AvgIpc) is 2.96. The van der Waals surface area contributed by atoms with E-state index in [0.717, 1.165) is 17.0 Å². The first-order chi connectivity index (χ1) is 13.4. The number of carbonyl (C=O) groups is 1. The topological polar surface area (TPSA) is 55.6 Å². The molecule has 5 nitrogen and oxygen atoms in total. The number of amides is 1. The number of benzene rings is 2. The Balaban J connectivity index is 1.80. The number of para-hydroxylation sites is 1. The Bertz CT molecular complexity index is 1010. The summed E-state index contributed by atoms with van der Waals surface area (Å²) in [6.45, 7) is 8.37. The van der Waals surface area contributed by atoms with E-state index in [2.05, 4.69) is 67.1 Å². The molecule has 0 spiro atoms. The van der Waals surface area contributed by atoms with Gasteiger partial charge in [-0.25, -0.2) is 5.43 Å². The number of nitrogens with zero attached hydrogens (tertiary/aromatic N) is 2. The Kier molecular flexibility index (Phi) is 5.64. The number of carbonyl (C=O) groups excluding carboxylic acids is 1. The lowest BCUT2D eigenvalue weighted by Gasteiger charge is -2.15. The van der Waals surface area contributed by atoms with Gasteiger partial charge in [0, 0.05) is 22.5 Å². The molecule has 0 unspecified atom stereocenters. The van der Waals surface area contributed by atoms with Crippen molar-refractivity contribution in [2.24, 2.45) is 5.10 Å². The molecule has 2 aromatic carbocycles. The van der Waals surface area contributed by atoms with Crippen LogP contribution in [0.1, 0.15) is 38.4 Å². The number of hydrogen-bond donors (Lipinski definition) is 1. The molecule has 1 heterocycles. The number of rotatable bonds is 5. The van der Waals surface area contributed by atoms with Gasteiger partial charge in [-0.1, -0.05) is 18.2 Å². The third kappa shape index (κ3) is 3.83. The third-order valence-corrected chi connectivity index (χ3v) is 4.86. The summed E-state index contributed by atoms with van der Waals surface area (Å²) in [5.74, 6) is 0.446. The first kappa shape index (κ1) is 19.4. The van der Waals surface area contributed by atoms with Crippen molar-refractivity contribution < 1.29 is 9.53 Å². The minimum atomic E-state index is -0.262. The molecular weight excluding hydrogens is 350 g/mol. The van der Waals surface area contributed by atoms with Crippen LogP contribution in [0.25, 0.3) is 5.69 Å². The van der Waals surface area contributed by atoms with E-state index in [-0.39, 0.29) is 5.91 Å². The minimum Gasteiger partial charge on any atom is -0.497 e. The highest BCUT2D eigenvalue weighted by atomic mass is 16.5. The Morgan fingerprint density at radius 3 is 2.29 bits per heavy atom. The van der Waals surface area contributed by atoms with Gasteiger partial charge in [0.2, 0.25) is 0 Å². The van der Waals surface area contributed by atoms with Crippen LogP contribution in [0.3, 0.4) is 0 Å². The monoisotopic (exact) mass is 375 g/mol. The molecule has 3 aromatic rings. The molecule has 0 fully saturated rings. The Labute approximate surface area is 165 Å². The van der Waals surface area contributed by atoms with Crippen LogP contribution in [0.2, 0.25) is 0 Å². The molecule has 0 aliphatic rings. The van der Waals surface area contributed by atoms with E-state index in [1.54, 1.807) is 37.6 Å². The van der Waals surface area contributed by atoms with E-state index in [1.807, 2.05) is 0 Å². The number of hydrazone groups is 1. The smallest absolute Gasteiger partial charge is 0.271 e. The lowest BCUT2D eigenvalue weighted by molar-refractivity contribution is 0.0955. The lowest BCUT2D eigenvalue weighted by atomic mass is 10.1. The van der Waals surface area contributed by atoms with E-state index in [9.17, 15) is 4.79 Å². The van der Waals surface area contributed by atoms with Gasteiger partial charge >= 0.3 is 0 Å². The van der Waals surface area contributed by atoms with Crippen LogP contribution in [-0.2, 0) is 0 Å². The molecule has 1 N–H and O–H groups in total. The summed E-state index contributed by atoms with van der Waals surface area (Å²) in [5, 5.41) is 4.15. The molecule has 0 saturated heterocycles. The van der Waals surface area contributed by atoms with Crippen molar-refractivity contribution in [3.05, 3.63) is 82.2 Å². The molecule has 0 saturated carbocycles. The van der Waals surface area contributed by atoms with Crippen LogP contribution in [0.4, 0.5) is 0 Å². The maximum Gasteiger partial charge on any atom is 0.271 e. The summed E-state index contributed by atoms with van der Waals surface area (Å²) in [4.78, 5) is 12.2. The van der Waals surface area contributed by atoms with Gasteiger partial charge in [0.05, 0.1) is 19.0 Å². The first-order valence-corrected chi connectivity index (χ1v) is 9.15. The van der Waals surface area contributed by atoms with E-state index >= 15 is 0 Å². The number of aromatic nitrogens is 1. The highest BCUT2D eigenvalue weighted by molar-refractivity contribution is 5.95. The molecule has 1 aromatic heterocycles. The maximum atomic E-state index is 12.2. The largest absolute Gasteiger partial charge is 0.497 e. The normalized spacial score (nSPS) is 11.0.